The van der Waals surface area contributed by atoms with Gasteiger partial charge in [0.1, 0.15) is 11.6 Å². The van der Waals surface area contributed by atoms with Crippen molar-refractivity contribution in [3.05, 3.63) is 131 Å². The van der Waals surface area contributed by atoms with Crippen molar-refractivity contribution in [3.63, 3.8) is 0 Å². The van der Waals surface area contributed by atoms with E-state index in [4.69, 9.17) is 26.7 Å². The van der Waals surface area contributed by atoms with Crippen LogP contribution in [0.2, 0.25) is 5.02 Å². The number of benzene rings is 4. The molecule has 0 bridgehead atoms. The number of para-hydroxylation sites is 3. The van der Waals surface area contributed by atoms with Crippen molar-refractivity contribution in [2.45, 2.75) is 13.0 Å². The second-order valence-electron chi connectivity index (χ2n) is 9.50. The highest BCUT2D eigenvalue weighted by Crippen LogP contribution is 2.48. The number of hydrogen-bond acceptors (Lipinski definition) is 5. The third-order valence-electron chi connectivity index (χ3n) is 7.02. The summed E-state index contributed by atoms with van der Waals surface area (Å²) in [6.07, 6.45) is 0. The summed E-state index contributed by atoms with van der Waals surface area (Å²) >= 11 is 6.08. The van der Waals surface area contributed by atoms with Gasteiger partial charge in [0.05, 0.1) is 33.8 Å². The minimum Gasteiger partial charge on any atom is -0.337 e. The Kier molecular flexibility index (Phi) is 5.71. The van der Waals surface area contributed by atoms with Gasteiger partial charge >= 0.3 is 0 Å². The third-order valence-corrected chi connectivity index (χ3v) is 7.31. The van der Waals surface area contributed by atoms with E-state index in [-0.39, 0.29) is 10.8 Å². The lowest BCUT2D eigenvalue weighted by Crippen LogP contribution is -2.46. The second kappa shape index (κ2) is 9.43. The highest BCUT2D eigenvalue weighted by atomic mass is 35.5. The topological polar surface area (TPSA) is 57.8 Å². The summed E-state index contributed by atoms with van der Waals surface area (Å²) in [5.41, 5.74) is 4.81. The van der Waals surface area contributed by atoms with E-state index >= 15 is 4.39 Å². The molecule has 1 unspecified atom stereocenters. The maximum absolute atomic E-state index is 15.6. The Balaban J connectivity index is 1.50. The minimum absolute atomic E-state index is 0.0199. The Bertz CT molecular complexity index is 1850. The molecule has 6 nitrogen and oxygen atoms in total. The molecule has 7 rings (SSSR count). The third kappa shape index (κ3) is 3.87. The van der Waals surface area contributed by atoms with E-state index in [1.54, 1.807) is 22.9 Å². The number of rotatable bonds is 3. The van der Waals surface area contributed by atoms with Crippen molar-refractivity contribution >= 4 is 46.2 Å². The largest absolute Gasteiger partial charge is 0.337 e. The first-order valence-corrected chi connectivity index (χ1v) is 13.0. The van der Waals surface area contributed by atoms with Crippen LogP contribution in [0.15, 0.2) is 107 Å². The second-order valence-corrected chi connectivity index (χ2v) is 9.91. The molecule has 1 aromatic heterocycles. The fraction of sp³-hybridized carbons (Fsp3) is 0.0645. The average Bonchev–Trinajstić information content (AvgIpc) is 3.31. The van der Waals surface area contributed by atoms with Crippen LogP contribution in [-0.4, -0.2) is 21.5 Å². The SMILES string of the molecule is Cc1nn(-c2ccccc2)c2c1C(c1ccccc1F)N1C(=N2)C(Nc2ccc(F)c(Cl)c2)=Nc2ccccc21. The van der Waals surface area contributed by atoms with Crippen molar-refractivity contribution in [1.82, 2.24) is 9.78 Å². The molecule has 0 aliphatic carbocycles. The zero-order chi connectivity index (χ0) is 27.4. The van der Waals surface area contributed by atoms with E-state index < -0.39 is 11.9 Å². The van der Waals surface area contributed by atoms with Crippen molar-refractivity contribution in [2.75, 3.05) is 10.2 Å². The maximum atomic E-state index is 15.6. The number of aryl methyl sites for hydroxylation is 1. The van der Waals surface area contributed by atoms with Gasteiger partial charge in [0, 0.05) is 16.8 Å². The van der Waals surface area contributed by atoms with E-state index in [0.29, 0.717) is 34.4 Å². The number of nitrogens with one attached hydrogen (secondary N) is 1. The van der Waals surface area contributed by atoms with Gasteiger partial charge in [-0.05, 0) is 55.5 Å². The molecule has 1 N–H and O–H groups in total. The molecule has 9 heteroatoms. The van der Waals surface area contributed by atoms with Gasteiger partial charge in [-0.15, -0.1) is 0 Å². The summed E-state index contributed by atoms with van der Waals surface area (Å²) in [4.78, 5) is 12.0. The summed E-state index contributed by atoms with van der Waals surface area (Å²) in [6.45, 7) is 1.91. The maximum Gasteiger partial charge on any atom is 0.179 e. The van der Waals surface area contributed by atoms with E-state index in [9.17, 15) is 4.39 Å². The Morgan fingerprint density at radius 3 is 2.38 bits per heavy atom. The van der Waals surface area contributed by atoms with Crippen LogP contribution in [0.4, 0.5) is 31.7 Å². The smallest absolute Gasteiger partial charge is 0.179 e. The molecule has 40 heavy (non-hydrogen) atoms. The van der Waals surface area contributed by atoms with Gasteiger partial charge in [-0.2, -0.15) is 5.10 Å². The fourth-order valence-corrected chi connectivity index (χ4v) is 5.43. The zero-order valence-corrected chi connectivity index (χ0v) is 21.9. The summed E-state index contributed by atoms with van der Waals surface area (Å²) < 4.78 is 31.3. The van der Waals surface area contributed by atoms with E-state index in [0.717, 1.165) is 22.6 Å². The Morgan fingerprint density at radius 1 is 0.825 bits per heavy atom. The Labute approximate surface area is 233 Å². The molecule has 0 amide bonds. The average molecular weight is 551 g/mol. The van der Waals surface area contributed by atoms with Crippen LogP contribution in [0.3, 0.4) is 0 Å². The molecule has 0 saturated carbocycles. The van der Waals surface area contributed by atoms with Crippen molar-refractivity contribution in [1.29, 1.82) is 0 Å². The number of hydrogen-bond donors (Lipinski definition) is 1. The van der Waals surface area contributed by atoms with Gasteiger partial charge in [-0.25, -0.2) is 23.4 Å². The molecule has 196 valence electrons. The van der Waals surface area contributed by atoms with Gasteiger partial charge in [0.25, 0.3) is 0 Å². The predicted octanol–water partition coefficient (Wildman–Crippen LogP) is 7.91. The molecule has 0 radical (unpaired) electrons. The molecular weight excluding hydrogens is 530 g/mol. The van der Waals surface area contributed by atoms with E-state index in [1.165, 1.54) is 18.2 Å². The first-order valence-electron chi connectivity index (χ1n) is 12.7. The van der Waals surface area contributed by atoms with Gasteiger partial charge in [0.2, 0.25) is 0 Å². The minimum atomic E-state index is -0.591. The van der Waals surface area contributed by atoms with Crippen LogP contribution in [-0.2, 0) is 0 Å². The Hall–Kier alpha value is -4.82. The predicted molar refractivity (Wildman–Crippen MR) is 155 cm³/mol. The highest BCUT2D eigenvalue weighted by Gasteiger charge is 2.42. The van der Waals surface area contributed by atoms with Crippen molar-refractivity contribution in [3.8, 4) is 5.69 Å². The molecular formula is C31H21ClF2N6. The lowest BCUT2D eigenvalue weighted by Gasteiger charge is -2.40. The first kappa shape index (κ1) is 24.2. The van der Waals surface area contributed by atoms with Gasteiger partial charge in [-0.3, -0.25) is 0 Å². The molecule has 1 atom stereocenters. The lowest BCUT2D eigenvalue weighted by molar-refractivity contribution is 0.597. The summed E-state index contributed by atoms with van der Waals surface area (Å²) in [5.74, 6) is 0.593. The van der Waals surface area contributed by atoms with E-state index in [2.05, 4.69) is 5.32 Å². The number of aromatic nitrogens is 2. The van der Waals surface area contributed by atoms with Gasteiger partial charge in [-0.1, -0.05) is 60.1 Å². The Morgan fingerprint density at radius 2 is 1.57 bits per heavy atom. The lowest BCUT2D eigenvalue weighted by atomic mass is 9.93. The zero-order valence-electron chi connectivity index (χ0n) is 21.2. The van der Waals surface area contributed by atoms with Crippen LogP contribution < -0.4 is 10.2 Å². The van der Waals surface area contributed by atoms with Crippen LogP contribution in [0.25, 0.3) is 5.69 Å². The molecule has 0 fully saturated rings. The summed E-state index contributed by atoms with van der Waals surface area (Å²) in [6, 6.07) is 27.8. The quantitative estimate of drug-likeness (QED) is 0.248. The van der Waals surface area contributed by atoms with Crippen LogP contribution in [0.1, 0.15) is 22.9 Å². The summed E-state index contributed by atoms with van der Waals surface area (Å²) in [5, 5.41) is 8.11. The number of aliphatic imine (C=N–C) groups is 2. The first-order chi connectivity index (χ1) is 19.5. The van der Waals surface area contributed by atoms with Crippen LogP contribution in [0, 0.1) is 18.6 Å². The van der Waals surface area contributed by atoms with Gasteiger partial charge < -0.3 is 10.2 Å². The standard InChI is InChI=1S/C31H21ClF2N6/c1-18-27-28(21-11-5-6-12-23(21)33)39-26-14-8-7-13-25(26)36-29(35-19-15-16-24(34)22(32)17-19)31(39)37-30(27)40(38-18)20-9-3-2-4-10-20/h2-17,28H,1H3,(H,35,36). The molecule has 0 saturated heterocycles. The number of fused-ring (bicyclic) bond motifs is 4. The van der Waals surface area contributed by atoms with Crippen LogP contribution >= 0.6 is 11.6 Å². The molecule has 5 aromatic rings. The number of amidine groups is 2. The van der Waals surface area contributed by atoms with Crippen molar-refractivity contribution < 1.29 is 8.78 Å². The van der Waals surface area contributed by atoms with Crippen LogP contribution in [0.5, 0.6) is 0 Å². The number of halogens is 3. The molecule has 4 aromatic carbocycles. The number of nitrogens with zero attached hydrogens (tertiary/aromatic N) is 5. The monoisotopic (exact) mass is 550 g/mol. The highest BCUT2D eigenvalue weighted by molar-refractivity contribution is 6.51. The molecule has 3 heterocycles. The molecule has 2 aliphatic heterocycles. The molecule has 2 aliphatic rings. The molecule has 0 spiro atoms. The van der Waals surface area contributed by atoms with Gasteiger partial charge in [0.15, 0.2) is 17.5 Å². The van der Waals surface area contributed by atoms with E-state index in [1.807, 2.05) is 72.5 Å². The number of anilines is 2. The van der Waals surface area contributed by atoms with Crippen molar-refractivity contribution in [2.24, 2.45) is 9.98 Å². The summed E-state index contributed by atoms with van der Waals surface area (Å²) in [7, 11) is 0. The fourth-order valence-electron chi connectivity index (χ4n) is 5.25. The normalized spacial score (nSPS) is 15.5.